The number of carbonyl (C=O) groups excluding carboxylic acids is 1. The first-order valence-electron chi connectivity index (χ1n) is 6.22. The van der Waals surface area contributed by atoms with Crippen molar-refractivity contribution in [3.63, 3.8) is 0 Å². The van der Waals surface area contributed by atoms with Crippen LogP contribution in [0.15, 0.2) is 11.5 Å². The third-order valence-electron chi connectivity index (χ3n) is 3.15. The number of piperidine rings is 1. The summed E-state index contributed by atoms with van der Waals surface area (Å²) in [6.45, 7) is 2.73. The number of carbonyl (C=O) groups is 1. The SMILES string of the molecule is Cc1nc(/C=C/C(=O)N2CCCCC2CO)cs1. The molecule has 0 aromatic carbocycles. The maximum Gasteiger partial charge on any atom is 0.246 e. The van der Waals surface area contributed by atoms with E-state index in [0.29, 0.717) is 0 Å². The number of aromatic nitrogens is 1. The lowest BCUT2D eigenvalue weighted by Gasteiger charge is -2.33. The Kier molecular flexibility index (Phi) is 4.49. The number of aliphatic hydroxyl groups is 1. The normalized spacial score (nSPS) is 20.6. The number of hydrogen-bond acceptors (Lipinski definition) is 4. The number of nitrogens with zero attached hydrogens (tertiary/aromatic N) is 2. The van der Waals surface area contributed by atoms with Crippen molar-refractivity contribution in [1.29, 1.82) is 0 Å². The van der Waals surface area contributed by atoms with E-state index in [1.54, 1.807) is 28.4 Å². The van der Waals surface area contributed by atoms with Crippen molar-refractivity contribution in [1.82, 2.24) is 9.88 Å². The molecular formula is C13H18N2O2S. The number of aryl methyl sites for hydroxylation is 1. The summed E-state index contributed by atoms with van der Waals surface area (Å²) in [7, 11) is 0. The van der Waals surface area contributed by atoms with Gasteiger partial charge in [-0.3, -0.25) is 4.79 Å². The second-order valence-electron chi connectivity index (χ2n) is 4.49. The zero-order chi connectivity index (χ0) is 13.0. The Hall–Kier alpha value is -1.20. The predicted molar refractivity (Wildman–Crippen MR) is 72.3 cm³/mol. The van der Waals surface area contributed by atoms with Crippen LogP contribution in [-0.2, 0) is 4.79 Å². The van der Waals surface area contributed by atoms with Crippen LogP contribution < -0.4 is 0 Å². The maximum absolute atomic E-state index is 12.1. The second kappa shape index (κ2) is 6.11. The molecule has 1 aromatic heterocycles. The average Bonchev–Trinajstić information content (AvgIpc) is 2.81. The summed E-state index contributed by atoms with van der Waals surface area (Å²) in [5, 5.41) is 12.2. The number of thiazole rings is 1. The summed E-state index contributed by atoms with van der Waals surface area (Å²) in [5.74, 6) is -0.0283. The quantitative estimate of drug-likeness (QED) is 0.849. The molecule has 0 saturated carbocycles. The molecule has 1 aliphatic rings. The van der Waals surface area contributed by atoms with Gasteiger partial charge in [0.15, 0.2) is 0 Å². The van der Waals surface area contributed by atoms with Gasteiger partial charge in [-0.25, -0.2) is 4.98 Å². The van der Waals surface area contributed by atoms with Crippen LogP contribution in [0.25, 0.3) is 6.08 Å². The Morgan fingerprint density at radius 2 is 2.50 bits per heavy atom. The Labute approximate surface area is 111 Å². The number of rotatable bonds is 3. The standard InChI is InChI=1S/C13H18N2O2S/c1-10-14-11(9-18-10)5-6-13(17)15-7-3-2-4-12(15)8-16/h5-6,9,12,16H,2-4,7-8H2,1H3/b6-5+. The van der Waals surface area contributed by atoms with Gasteiger partial charge in [0.25, 0.3) is 0 Å². The Morgan fingerprint density at radius 1 is 1.67 bits per heavy atom. The molecule has 0 radical (unpaired) electrons. The highest BCUT2D eigenvalue weighted by Gasteiger charge is 2.24. The molecule has 0 bridgehead atoms. The molecule has 18 heavy (non-hydrogen) atoms. The largest absolute Gasteiger partial charge is 0.394 e. The van der Waals surface area contributed by atoms with Crippen molar-refractivity contribution >= 4 is 23.3 Å². The van der Waals surface area contributed by atoms with Crippen LogP contribution >= 0.6 is 11.3 Å². The first-order valence-corrected chi connectivity index (χ1v) is 7.10. The minimum atomic E-state index is -0.0283. The van der Waals surface area contributed by atoms with E-state index in [-0.39, 0.29) is 18.6 Å². The highest BCUT2D eigenvalue weighted by atomic mass is 32.1. The monoisotopic (exact) mass is 266 g/mol. The van der Waals surface area contributed by atoms with Crippen molar-refractivity contribution < 1.29 is 9.90 Å². The van der Waals surface area contributed by atoms with Crippen LogP contribution in [0.5, 0.6) is 0 Å². The van der Waals surface area contributed by atoms with Crippen molar-refractivity contribution in [2.45, 2.75) is 32.2 Å². The van der Waals surface area contributed by atoms with Crippen LogP contribution in [0, 0.1) is 6.92 Å². The summed E-state index contributed by atoms with van der Waals surface area (Å²) in [6.07, 6.45) is 6.30. The van der Waals surface area contributed by atoms with Gasteiger partial charge < -0.3 is 10.0 Å². The van der Waals surface area contributed by atoms with Crippen molar-refractivity contribution in [2.75, 3.05) is 13.2 Å². The van der Waals surface area contributed by atoms with Gasteiger partial charge in [-0.15, -0.1) is 11.3 Å². The number of hydrogen-bond donors (Lipinski definition) is 1. The lowest BCUT2D eigenvalue weighted by atomic mass is 10.0. The van der Waals surface area contributed by atoms with Crippen molar-refractivity contribution in [3.05, 3.63) is 22.2 Å². The van der Waals surface area contributed by atoms with Gasteiger partial charge in [0.2, 0.25) is 5.91 Å². The highest BCUT2D eigenvalue weighted by molar-refractivity contribution is 7.09. The molecule has 1 fully saturated rings. The van der Waals surface area contributed by atoms with E-state index in [0.717, 1.165) is 36.5 Å². The molecule has 1 unspecified atom stereocenters. The molecule has 2 heterocycles. The van der Waals surface area contributed by atoms with Crippen LogP contribution in [-0.4, -0.2) is 40.1 Å². The zero-order valence-corrected chi connectivity index (χ0v) is 11.3. The molecule has 1 aromatic rings. The van der Waals surface area contributed by atoms with Gasteiger partial charge in [0, 0.05) is 18.0 Å². The van der Waals surface area contributed by atoms with E-state index in [2.05, 4.69) is 4.98 Å². The minimum Gasteiger partial charge on any atom is -0.394 e. The number of amides is 1. The number of likely N-dealkylation sites (tertiary alicyclic amines) is 1. The molecule has 4 nitrogen and oxygen atoms in total. The van der Waals surface area contributed by atoms with Gasteiger partial charge in [0.05, 0.1) is 23.4 Å². The third kappa shape index (κ3) is 3.17. The maximum atomic E-state index is 12.1. The summed E-state index contributed by atoms with van der Waals surface area (Å²) < 4.78 is 0. The molecule has 1 saturated heterocycles. The molecule has 0 aliphatic carbocycles. The lowest BCUT2D eigenvalue weighted by molar-refractivity contribution is -0.130. The van der Waals surface area contributed by atoms with E-state index in [4.69, 9.17) is 0 Å². The van der Waals surface area contributed by atoms with E-state index < -0.39 is 0 Å². The highest BCUT2D eigenvalue weighted by Crippen LogP contribution is 2.17. The summed E-state index contributed by atoms with van der Waals surface area (Å²) >= 11 is 1.57. The molecular weight excluding hydrogens is 248 g/mol. The summed E-state index contributed by atoms with van der Waals surface area (Å²) in [5.41, 5.74) is 0.823. The first kappa shape index (κ1) is 13.2. The summed E-state index contributed by atoms with van der Waals surface area (Å²) in [4.78, 5) is 18.1. The Bertz CT molecular complexity index is 442. The van der Waals surface area contributed by atoms with Gasteiger partial charge in [-0.2, -0.15) is 0 Å². The van der Waals surface area contributed by atoms with Gasteiger partial charge in [0.1, 0.15) is 0 Å². The van der Waals surface area contributed by atoms with E-state index in [9.17, 15) is 9.90 Å². The zero-order valence-electron chi connectivity index (χ0n) is 10.5. The Balaban J connectivity index is 2.00. The molecule has 5 heteroatoms. The summed E-state index contributed by atoms with van der Waals surface area (Å²) in [6, 6.07) is -0.0203. The fourth-order valence-corrected chi connectivity index (χ4v) is 2.77. The smallest absolute Gasteiger partial charge is 0.246 e. The van der Waals surface area contributed by atoms with Gasteiger partial charge >= 0.3 is 0 Å². The van der Waals surface area contributed by atoms with E-state index in [1.807, 2.05) is 12.3 Å². The van der Waals surface area contributed by atoms with Crippen molar-refractivity contribution in [2.24, 2.45) is 0 Å². The molecule has 2 rings (SSSR count). The third-order valence-corrected chi connectivity index (χ3v) is 3.95. The van der Waals surface area contributed by atoms with Crippen LogP contribution in [0.1, 0.15) is 30.0 Å². The Morgan fingerprint density at radius 3 is 3.17 bits per heavy atom. The molecule has 1 atom stereocenters. The topological polar surface area (TPSA) is 53.4 Å². The number of aliphatic hydroxyl groups excluding tert-OH is 1. The van der Waals surface area contributed by atoms with Crippen LogP contribution in [0.3, 0.4) is 0 Å². The van der Waals surface area contributed by atoms with Crippen LogP contribution in [0.4, 0.5) is 0 Å². The fraction of sp³-hybridized carbons (Fsp3) is 0.538. The molecule has 1 aliphatic heterocycles. The van der Waals surface area contributed by atoms with Gasteiger partial charge in [-0.05, 0) is 32.3 Å². The minimum absolute atomic E-state index is 0.0203. The molecule has 1 amide bonds. The molecule has 1 N–H and O–H groups in total. The van der Waals surface area contributed by atoms with Crippen LogP contribution in [0.2, 0.25) is 0 Å². The molecule has 98 valence electrons. The van der Waals surface area contributed by atoms with Crippen molar-refractivity contribution in [3.8, 4) is 0 Å². The van der Waals surface area contributed by atoms with E-state index in [1.165, 1.54) is 0 Å². The second-order valence-corrected chi connectivity index (χ2v) is 5.55. The van der Waals surface area contributed by atoms with E-state index >= 15 is 0 Å². The fourth-order valence-electron chi connectivity index (χ4n) is 2.19. The van der Waals surface area contributed by atoms with Gasteiger partial charge in [-0.1, -0.05) is 0 Å². The lowest BCUT2D eigenvalue weighted by Crippen LogP contribution is -2.44. The predicted octanol–water partition coefficient (Wildman–Crippen LogP) is 1.84. The average molecular weight is 266 g/mol. The molecule has 0 spiro atoms. The first-order chi connectivity index (χ1) is 8.70.